The molecule has 17 heavy (non-hydrogen) atoms. The number of para-hydroxylation sites is 1. The molecule has 0 saturated carbocycles. The molecule has 0 aliphatic rings. The number of rotatable bonds is 3. The van der Waals surface area contributed by atoms with Crippen molar-refractivity contribution in [3.63, 3.8) is 0 Å². The molecular formula is C13H11FN2O. The van der Waals surface area contributed by atoms with Crippen molar-refractivity contribution in [3.05, 3.63) is 59.7 Å². The summed E-state index contributed by atoms with van der Waals surface area (Å²) in [7, 11) is 0. The summed E-state index contributed by atoms with van der Waals surface area (Å²) >= 11 is 0. The molecule has 0 amide bonds. The Bertz CT molecular complexity index is 540. The Kier molecular flexibility index (Phi) is 3.14. The lowest BCUT2D eigenvalue weighted by Gasteiger charge is -2.05. The molecule has 0 aliphatic heterocycles. The number of nitrogens with zero attached hydrogens (tertiary/aromatic N) is 1. The number of carbonyl (C=O) groups is 1. The van der Waals surface area contributed by atoms with Crippen LogP contribution in [0.4, 0.5) is 10.1 Å². The van der Waals surface area contributed by atoms with Crippen molar-refractivity contribution in [1.29, 1.82) is 0 Å². The number of benzene rings is 1. The van der Waals surface area contributed by atoms with E-state index in [-0.39, 0.29) is 23.5 Å². The first kappa shape index (κ1) is 11.3. The topological polar surface area (TPSA) is 56.0 Å². The number of nitrogen functional groups attached to an aromatic ring is 1. The molecule has 2 rings (SSSR count). The molecule has 86 valence electrons. The predicted molar refractivity (Wildman–Crippen MR) is 63.1 cm³/mol. The van der Waals surface area contributed by atoms with E-state index in [0.29, 0.717) is 5.69 Å². The van der Waals surface area contributed by atoms with Crippen molar-refractivity contribution in [2.24, 2.45) is 0 Å². The largest absolute Gasteiger partial charge is 0.396 e. The molecule has 1 aromatic carbocycles. The van der Waals surface area contributed by atoms with Crippen LogP contribution in [0.1, 0.15) is 16.1 Å². The SMILES string of the molecule is Nc1c(F)cccc1C(=O)Cc1ccccn1. The van der Waals surface area contributed by atoms with Gasteiger partial charge in [-0.15, -0.1) is 0 Å². The number of Topliss-reactive ketones (excluding diaryl/α,β-unsaturated/α-hetero) is 1. The van der Waals surface area contributed by atoms with Crippen molar-refractivity contribution < 1.29 is 9.18 Å². The lowest BCUT2D eigenvalue weighted by Crippen LogP contribution is -2.09. The third kappa shape index (κ3) is 2.47. The standard InChI is InChI=1S/C13H11FN2O/c14-11-6-3-5-10(13(11)15)12(17)8-9-4-1-2-7-16-9/h1-7H,8,15H2. The summed E-state index contributed by atoms with van der Waals surface area (Å²) in [6.45, 7) is 0. The fourth-order valence-electron chi connectivity index (χ4n) is 1.54. The quantitative estimate of drug-likeness (QED) is 0.649. The molecule has 0 unspecified atom stereocenters. The molecule has 0 bridgehead atoms. The van der Waals surface area contributed by atoms with Crippen molar-refractivity contribution in [1.82, 2.24) is 4.98 Å². The first-order chi connectivity index (χ1) is 8.18. The Hall–Kier alpha value is -2.23. The van der Waals surface area contributed by atoms with E-state index in [9.17, 15) is 9.18 Å². The number of nitrogens with two attached hydrogens (primary N) is 1. The molecule has 0 fully saturated rings. The van der Waals surface area contributed by atoms with Gasteiger partial charge in [0.05, 0.1) is 12.1 Å². The maximum atomic E-state index is 13.2. The predicted octanol–water partition coefficient (Wildman–Crippen LogP) is 2.23. The van der Waals surface area contributed by atoms with Gasteiger partial charge in [-0.05, 0) is 24.3 Å². The van der Waals surface area contributed by atoms with E-state index in [4.69, 9.17) is 5.73 Å². The molecule has 0 spiro atoms. The fraction of sp³-hybridized carbons (Fsp3) is 0.0769. The van der Waals surface area contributed by atoms with Crippen LogP contribution < -0.4 is 5.73 Å². The number of ketones is 1. The molecule has 2 N–H and O–H groups in total. The van der Waals surface area contributed by atoms with Crippen molar-refractivity contribution in [3.8, 4) is 0 Å². The second kappa shape index (κ2) is 4.74. The maximum Gasteiger partial charge on any atom is 0.170 e. The van der Waals surface area contributed by atoms with Crippen LogP contribution in [0.2, 0.25) is 0 Å². The van der Waals surface area contributed by atoms with Crippen LogP contribution in [0.15, 0.2) is 42.6 Å². The molecule has 0 radical (unpaired) electrons. The van der Waals surface area contributed by atoms with E-state index in [1.165, 1.54) is 18.2 Å². The zero-order valence-corrected chi connectivity index (χ0v) is 9.06. The molecule has 4 heteroatoms. The molecule has 0 atom stereocenters. The molecule has 1 heterocycles. The molecule has 3 nitrogen and oxygen atoms in total. The van der Waals surface area contributed by atoms with E-state index in [0.717, 1.165) is 0 Å². The number of pyridine rings is 1. The van der Waals surface area contributed by atoms with Gasteiger partial charge in [-0.3, -0.25) is 9.78 Å². The molecular weight excluding hydrogens is 219 g/mol. The van der Waals surface area contributed by atoms with Gasteiger partial charge < -0.3 is 5.73 Å². The second-order valence-electron chi connectivity index (χ2n) is 3.62. The summed E-state index contributed by atoms with van der Waals surface area (Å²) < 4.78 is 13.2. The van der Waals surface area contributed by atoms with Gasteiger partial charge in [-0.1, -0.05) is 12.1 Å². The van der Waals surface area contributed by atoms with E-state index in [1.54, 1.807) is 24.4 Å². The van der Waals surface area contributed by atoms with Crippen LogP contribution in [-0.4, -0.2) is 10.8 Å². The van der Waals surface area contributed by atoms with Gasteiger partial charge in [0.15, 0.2) is 5.78 Å². The average Bonchev–Trinajstić information content (AvgIpc) is 2.34. The first-order valence-corrected chi connectivity index (χ1v) is 5.15. The normalized spacial score (nSPS) is 10.2. The zero-order valence-electron chi connectivity index (χ0n) is 9.06. The lowest BCUT2D eigenvalue weighted by molar-refractivity contribution is 0.0992. The van der Waals surface area contributed by atoms with Gasteiger partial charge in [0.2, 0.25) is 0 Å². The van der Waals surface area contributed by atoms with Crippen LogP contribution in [0.3, 0.4) is 0 Å². The van der Waals surface area contributed by atoms with Crippen LogP contribution in [-0.2, 0) is 6.42 Å². The lowest BCUT2D eigenvalue weighted by atomic mass is 10.0. The van der Waals surface area contributed by atoms with Gasteiger partial charge >= 0.3 is 0 Å². The number of carbonyl (C=O) groups excluding carboxylic acids is 1. The van der Waals surface area contributed by atoms with Gasteiger partial charge in [-0.25, -0.2) is 4.39 Å². The Labute approximate surface area is 98.1 Å². The average molecular weight is 230 g/mol. The van der Waals surface area contributed by atoms with Crippen LogP contribution in [0, 0.1) is 5.82 Å². The van der Waals surface area contributed by atoms with Crippen molar-refractivity contribution in [2.45, 2.75) is 6.42 Å². The maximum absolute atomic E-state index is 13.2. The highest BCUT2D eigenvalue weighted by molar-refractivity contribution is 6.01. The minimum atomic E-state index is -0.572. The monoisotopic (exact) mass is 230 g/mol. The third-order valence-electron chi connectivity index (χ3n) is 2.42. The molecule has 2 aromatic rings. The number of aromatic nitrogens is 1. The summed E-state index contributed by atoms with van der Waals surface area (Å²) in [5.41, 5.74) is 6.26. The zero-order chi connectivity index (χ0) is 12.3. The molecule has 0 saturated heterocycles. The number of hydrogen-bond donors (Lipinski definition) is 1. The molecule has 0 aliphatic carbocycles. The minimum absolute atomic E-state index is 0.103. The second-order valence-corrected chi connectivity index (χ2v) is 3.62. The first-order valence-electron chi connectivity index (χ1n) is 5.15. The summed E-state index contributed by atoms with van der Waals surface area (Å²) in [4.78, 5) is 15.9. The highest BCUT2D eigenvalue weighted by Crippen LogP contribution is 2.17. The number of halogens is 1. The Balaban J connectivity index is 2.24. The van der Waals surface area contributed by atoms with Gasteiger partial charge in [0, 0.05) is 17.5 Å². The summed E-state index contributed by atoms with van der Waals surface area (Å²) in [5.74, 6) is -0.808. The van der Waals surface area contributed by atoms with E-state index < -0.39 is 5.82 Å². The Morgan fingerprint density at radius 1 is 1.24 bits per heavy atom. The molecule has 1 aromatic heterocycles. The van der Waals surface area contributed by atoms with Gasteiger partial charge in [0.25, 0.3) is 0 Å². The number of anilines is 1. The Morgan fingerprint density at radius 2 is 2.06 bits per heavy atom. The third-order valence-corrected chi connectivity index (χ3v) is 2.42. The highest BCUT2D eigenvalue weighted by atomic mass is 19.1. The fourth-order valence-corrected chi connectivity index (χ4v) is 1.54. The van der Waals surface area contributed by atoms with E-state index in [2.05, 4.69) is 4.98 Å². The van der Waals surface area contributed by atoms with Crippen LogP contribution in [0.25, 0.3) is 0 Å². The van der Waals surface area contributed by atoms with Crippen molar-refractivity contribution in [2.75, 3.05) is 5.73 Å². The van der Waals surface area contributed by atoms with E-state index in [1.807, 2.05) is 0 Å². The van der Waals surface area contributed by atoms with Crippen LogP contribution in [0.5, 0.6) is 0 Å². The van der Waals surface area contributed by atoms with Gasteiger partial charge in [0.1, 0.15) is 5.82 Å². The van der Waals surface area contributed by atoms with Crippen molar-refractivity contribution >= 4 is 11.5 Å². The Morgan fingerprint density at radius 3 is 2.76 bits per heavy atom. The summed E-state index contributed by atoms with van der Waals surface area (Å²) in [6.07, 6.45) is 1.73. The highest BCUT2D eigenvalue weighted by Gasteiger charge is 2.13. The summed E-state index contributed by atoms with van der Waals surface area (Å²) in [5, 5.41) is 0. The summed E-state index contributed by atoms with van der Waals surface area (Å²) in [6, 6.07) is 9.52. The smallest absolute Gasteiger partial charge is 0.170 e. The van der Waals surface area contributed by atoms with Crippen LogP contribution >= 0.6 is 0 Å². The van der Waals surface area contributed by atoms with E-state index >= 15 is 0 Å². The van der Waals surface area contributed by atoms with Gasteiger partial charge in [-0.2, -0.15) is 0 Å². The minimum Gasteiger partial charge on any atom is -0.396 e. The number of hydrogen-bond acceptors (Lipinski definition) is 3.